The zero-order valence-corrected chi connectivity index (χ0v) is 17.2. The molecule has 0 amide bonds. The summed E-state index contributed by atoms with van der Waals surface area (Å²) in [6.45, 7) is 4.27. The van der Waals surface area contributed by atoms with Gasteiger partial charge in [-0.15, -0.1) is 0 Å². The maximum Gasteiger partial charge on any atom is 0.185 e. The molecule has 2 heterocycles. The Labute approximate surface area is 175 Å². The van der Waals surface area contributed by atoms with Crippen molar-refractivity contribution in [2.24, 2.45) is 4.99 Å². The fourth-order valence-electron chi connectivity index (χ4n) is 3.26. The molecule has 1 N–H and O–H groups in total. The maximum atomic E-state index is 12.5. The molecule has 2 aliphatic rings. The number of allylic oxidation sites excluding steroid dienone is 1. The van der Waals surface area contributed by atoms with Gasteiger partial charge in [0, 0.05) is 42.3 Å². The number of nitrogens with one attached hydrogen (secondary N) is 1. The van der Waals surface area contributed by atoms with Crippen LogP contribution < -0.4 is 10.2 Å². The number of carbonyl (C=O) groups is 1. The smallest absolute Gasteiger partial charge is 0.185 e. The predicted molar refractivity (Wildman–Crippen MR) is 122 cm³/mol. The lowest BCUT2D eigenvalue weighted by atomic mass is 10.1. The highest BCUT2D eigenvalue weighted by molar-refractivity contribution is 8.14. The minimum absolute atomic E-state index is 0.00168. The van der Waals surface area contributed by atoms with Crippen LogP contribution in [0.2, 0.25) is 0 Å². The van der Waals surface area contributed by atoms with Crippen LogP contribution >= 0.6 is 11.8 Å². The van der Waals surface area contributed by atoms with Gasteiger partial charge in [0.2, 0.25) is 0 Å². The van der Waals surface area contributed by atoms with Crippen molar-refractivity contribution in [2.45, 2.75) is 6.42 Å². The number of anilines is 2. The summed E-state index contributed by atoms with van der Waals surface area (Å²) in [5.41, 5.74) is 3.84. The molecular formula is C23H25N3O2S. The van der Waals surface area contributed by atoms with Gasteiger partial charge in [-0.2, -0.15) is 0 Å². The Bertz CT molecular complexity index is 885. The van der Waals surface area contributed by atoms with E-state index in [9.17, 15) is 4.79 Å². The highest BCUT2D eigenvalue weighted by Gasteiger charge is 2.10. The fraction of sp³-hybridized carbons (Fsp3) is 0.304. The average Bonchev–Trinajstić information content (AvgIpc) is 2.80. The number of ketones is 1. The summed E-state index contributed by atoms with van der Waals surface area (Å²) in [6, 6.07) is 15.8. The molecule has 0 aromatic heterocycles. The van der Waals surface area contributed by atoms with Gasteiger partial charge >= 0.3 is 0 Å². The third kappa shape index (κ3) is 5.49. The van der Waals surface area contributed by atoms with Gasteiger partial charge in [0.05, 0.1) is 13.2 Å². The van der Waals surface area contributed by atoms with Crippen LogP contribution in [0.3, 0.4) is 0 Å². The van der Waals surface area contributed by atoms with E-state index in [1.807, 2.05) is 42.5 Å². The van der Waals surface area contributed by atoms with Crippen LogP contribution in [0.5, 0.6) is 0 Å². The fourth-order valence-corrected chi connectivity index (χ4v) is 4.10. The third-order valence-electron chi connectivity index (χ3n) is 4.91. The highest BCUT2D eigenvalue weighted by atomic mass is 32.2. The first kappa shape index (κ1) is 19.7. The van der Waals surface area contributed by atoms with Gasteiger partial charge in [0.15, 0.2) is 11.0 Å². The molecular weight excluding hydrogens is 382 g/mol. The summed E-state index contributed by atoms with van der Waals surface area (Å²) in [6.07, 6.45) is 4.63. The first-order valence-electron chi connectivity index (χ1n) is 9.97. The zero-order valence-electron chi connectivity index (χ0n) is 16.3. The Morgan fingerprint density at radius 2 is 1.83 bits per heavy atom. The third-order valence-corrected chi connectivity index (χ3v) is 5.91. The normalized spacial score (nSPS) is 17.2. The number of rotatable bonds is 5. The van der Waals surface area contributed by atoms with Gasteiger partial charge < -0.3 is 15.0 Å². The summed E-state index contributed by atoms with van der Waals surface area (Å²) in [4.78, 5) is 19.3. The van der Waals surface area contributed by atoms with Crippen LogP contribution in [-0.2, 0) is 4.74 Å². The lowest BCUT2D eigenvalue weighted by molar-refractivity contribution is 0.104. The highest BCUT2D eigenvalue weighted by Crippen LogP contribution is 2.19. The van der Waals surface area contributed by atoms with E-state index in [4.69, 9.17) is 4.74 Å². The first-order chi connectivity index (χ1) is 14.3. The molecule has 6 heteroatoms. The SMILES string of the molecule is O=C(/C=C/c1ccc(N2CCOCC2)cc1)c1ccc(NC2=NCCCS2)cc1. The second-order valence-electron chi connectivity index (χ2n) is 6.98. The minimum Gasteiger partial charge on any atom is -0.378 e. The molecule has 150 valence electrons. The van der Waals surface area contributed by atoms with Gasteiger partial charge in [-0.25, -0.2) is 0 Å². The number of nitrogens with zero attached hydrogens (tertiary/aromatic N) is 2. The van der Waals surface area contributed by atoms with Gasteiger partial charge in [-0.1, -0.05) is 30.0 Å². The summed E-state index contributed by atoms with van der Waals surface area (Å²) in [7, 11) is 0. The number of aliphatic imine (C=N–C) groups is 1. The van der Waals surface area contributed by atoms with Crippen LogP contribution in [0.4, 0.5) is 11.4 Å². The predicted octanol–water partition coefficient (Wildman–Crippen LogP) is 4.32. The summed E-state index contributed by atoms with van der Waals surface area (Å²) >= 11 is 1.74. The second-order valence-corrected chi connectivity index (χ2v) is 8.06. The molecule has 4 rings (SSSR count). The van der Waals surface area contributed by atoms with E-state index >= 15 is 0 Å². The molecule has 0 saturated carbocycles. The Morgan fingerprint density at radius 1 is 1.07 bits per heavy atom. The van der Waals surface area contributed by atoms with Crippen LogP contribution in [0.25, 0.3) is 6.08 Å². The Hall–Kier alpha value is -2.57. The molecule has 2 aliphatic heterocycles. The van der Waals surface area contributed by atoms with Crippen molar-refractivity contribution in [1.29, 1.82) is 0 Å². The van der Waals surface area contributed by atoms with Crippen molar-refractivity contribution in [3.05, 3.63) is 65.7 Å². The van der Waals surface area contributed by atoms with Crippen molar-refractivity contribution in [3.63, 3.8) is 0 Å². The number of benzene rings is 2. The van der Waals surface area contributed by atoms with Gasteiger partial charge in [0.25, 0.3) is 0 Å². The molecule has 1 saturated heterocycles. The van der Waals surface area contributed by atoms with Crippen LogP contribution in [-0.4, -0.2) is 49.6 Å². The van der Waals surface area contributed by atoms with E-state index in [0.717, 1.165) is 61.4 Å². The van der Waals surface area contributed by atoms with E-state index in [1.54, 1.807) is 17.8 Å². The zero-order chi connectivity index (χ0) is 19.9. The molecule has 0 spiro atoms. The van der Waals surface area contributed by atoms with E-state index in [2.05, 4.69) is 27.3 Å². The van der Waals surface area contributed by atoms with Gasteiger partial charge in [-0.05, 0) is 54.5 Å². The molecule has 1 fully saturated rings. The molecule has 29 heavy (non-hydrogen) atoms. The van der Waals surface area contributed by atoms with Crippen molar-refractivity contribution >= 4 is 40.2 Å². The number of hydrogen-bond donors (Lipinski definition) is 1. The van der Waals surface area contributed by atoms with Crippen LogP contribution in [0, 0.1) is 0 Å². The molecule has 2 aromatic carbocycles. The maximum absolute atomic E-state index is 12.5. The van der Waals surface area contributed by atoms with Crippen molar-refractivity contribution in [3.8, 4) is 0 Å². The first-order valence-corrected chi connectivity index (χ1v) is 11.0. The Balaban J connectivity index is 1.34. The topological polar surface area (TPSA) is 53.9 Å². The molecule has 0 aliphatic carbocycles. The quantitative estimate of drug-likeness (QED) is 0.591. The van der Waals surface area contributed by atoms with Crippen molar-refractivity contribution < 1.29 is 9.53 Å². The molecule has 5 nitrogen and oxygen atoms in total. The minimum atomic E-state index is -0.00168. The summed E-state index contributed by atoms with van der Waals surface area (Å²) < 4.78 is 5.40. The molecule has 2 aromatic rings. The standard InChI is InChI=1S/C23H25N3O2S/c27-22(19-5-7-20(8-6-19)25-23-24-12-1-17-29-23)11-4-18-2-9-21(10-3-18)26-13-15-28-16-14-26/h2-11H,1,12-17H2,(H,24,25)/b11-4+. The second kappa shape index (κ2) is 9.76. The number of carbonyl (C=O) groups excluding carboxylic acids is 1. The van der Waals surface area contributed by atoms with Crippen LogP contribution in [0.15, 0.2) is 59.6 Å². The average molecular weight is 408 g/mol. The largest absolute Gasteiger partial charge is 0.378 e. The monoisotopic (exact) mass is 407 g/mol. The number of morpholine rings is 1. The van der Waals surface area contributed by atoms with Gasteiger partial charge in [-0.3, -0.25) is 9.79 Å². The Morgan fingerprint density at radius 3 is 2.52 bits per heavy atom. The van der Waals surface area contributed by atoms with Gasteiger partial charge in [0.1, 0.15) is 0 Å². The number of amidine groups is 1. The van der Waals surface area contributed by atoms with E-state index < -0.39 is 0 Å². The lowest BCUT2D eigenvalue weighted by Gasteiger charge is -2.28. The molecule has 0 unspecified atom stereocenters. The lowest BCUT2D eigenvalue weighted by Crippen LogP contribution is -2.36. The number of thioether (sulfide) groups is 1. The van der Waals surface area contributed by atoms with Crippen LogP contribution in [0.1, 0.15) is 22.3 Å². The van der Waals surface area contributed by atoms with E-state index in [-0.39, 0.29) is 5.78 Å². The molecule has 0 bridgehead atoms. The van der Waals surface area contributed by atoms with E-state index in [0.29, 0.717) is 5.56 Å². The molecule has 0 radical (unpaired) electrons. The number of ether oxygens (including phenoxy) is 1. The Kier molecular flexibility index (Phi) is 6.64. The van der Waals surface area contributed by atoms with E-state index in [1.165, 1.54) is 5.69 Å². The van der Waals surface area contributed by atoms with Crippen molar-refractivity contribution in [2.75, 3.05) is 48.8 Å². The number of hydrogen-bond acceptors (Lipinski definition) is 6. The van der Waals surface area contributed by atoms with Crippen molar-refractivity contribution in [1.82, 2.24) is 0 Å². The summed E-state index contributed by atoms with van der Waals surface area (Å²) in [5, 5.41) is 4.26. The summed E-state index contributed by atoms with van der Waals surface area (Å²) in [5.74, 6) is 1.10. The molecule has 0 atom stereocenters.